The number of amides is 2. The first-order valence-electron chi connectivity index (χ1n) is 8.86. The van der Waals surface area contributed by atoms with Crippen molar-refractivity contribution in [2.45, 2.75) is 32.1 Å². The van der Waals surface area contributed by atoms with Gasteiger partial charge in [0.2, 0.25) is 5.91 Å². The van der Waals surface area contributed by atoms with Crippen LogP contribution in [0.1, 0.15) is 39.5 Å². The number of aryl methyl sites for hydroxylation is 2. The van der Waals surface area contributed by atoms with E-state index in [0.717, 1.165) is 25.0 Å². The molecule has 0 radical (unpaired) electrons. The number of thiazole rings is 2. The number of carbonyl (C=O) groups excluding carboxylic acids is 2. The number of halogens is 1. The number of nitrogens with one attached hydrogen (secondary N) is 2. The molecule has 4 rings (SSSR count). The van der Waals surface area contributed by atoms with E-state index in [1.54, 1.807) is 16.7 Å². The maximum Gasteiger partial charge on any atom is 0.257 e. The fourth-order valence-electron chi connectivity index (χ4n) is 2.95. The van der Waals surface area contributed by atoms with Crippen molar-refractivity contribution in [3.8, 4) is 0 Å². The van der Waals surface area contributed by atoms with Crippen LogP contribution in [0, 0.1) is 5.82 Å². The van der Waals surface area contributed by atoms with Gasteiger partial charge >= 0.3 is 0 Å². The van der Waals surface area contributed by atoms with Crippen molar-refractivity contribution in [2.24, 2.45) is 0 Å². The van der Waals surface area contributed by atoms with Gasteiger partial charge in [-0.3, -0.25) is 14.9 Å². The Morgan fingerprint density at radius 3 is 2.61 bits per heavy atom. The van der Waals surface area contributed by atoms with Crippen molar-refractivity contribution in [1.82, 2.24) is 9.97 Å². The third-order valence-electron chi connectivity index (χ3n) is 4.31. The van der Waals surface area contributed by atoms with Crippen LogP contribution >= 0.6 is 22.7 Å². The van der Waals surface area contributed by atoms with Gasteiger partial charge in [0, 0.05) is 15.8 Å². The Morgan fingerprint density at radius 1 is 1.04 bits per heavy atom. The van der Waals surface area contributed by atoms with Gasteiger partial charge < -0.3 is 5.32 Å². The smallest absolute Gasteiger partial charge is 0.257 e. The van der Waals surface area contributed by atoms with Gasteiger partial charge in [0.25, 0.3) is 5.91 Å². The largest absolute Gasteiger partial charge is 0.302 e. The van der Waals surface area contributed by atoms with E-state index in [-0.39, 0.29) is 18.2 Å². The summed E-state index contributed by atoms with van der Waals surface area (Å²) in [6.07, 6.45) is 4.44. The van der Waals surface area contributed by atoms with Crippen molar-refractivity contribution in [2.75, 3.05) is 10.6 Å². The van der Waals surface area contributed by atoms with Crippen molar-refractivity contribution >= 4 is 44.8 Å². The minimum atomic E-state index is -0.403. The molecule has 0 spiro atoms. The lowest BCUT2D eigenvalue weighted by Gasteiger charge is -2.06. The number of aromatic nitrogens is 2. The number of fused-ring (bicyclic) bond motifs is 1. The maximum atomic E-state index is 12.9. The second kappa shape index (κ2) is 8.15. The predicted molar refractivity (Wildman–Crippen MR) is 108 cm³/mol. The first-order valence-corrected chi connectivity index (χ1v) is 10.6. The van der Waals surface area contributed by atoms with Gasteiger partial charge in [0.05, 0.1) is 17.8 Å². The van der Waals surface area contributed by atoms with E-state index < -0.39 is 5.82 Å². The third-order valence-corrected chi connectivity index (χ3v) is 6.19. The van der Waals surface area contributed by atoms with Gasteiger partial charge in [0.1, 0.15) is 5.82 Å². The first-order chi connectivity index (χ1) is 13.6. The summed E-state index contributed by atoms with van der Waals surface area (Å²) in [5, 5.41) is 8.25. The zero-order chi connectivity index (χ0) is 19.5. The molecule has 1 aliphatic carbocycles. The maximum absolute atomic E-state index is 12.9. The minimum Gasteiger partial charge on any atom is -0.302 e. The van der Waals surface area contributed by atoms with Crippen LogP contribution in [-0.2, 0) is 24.1 Å². The van der Waals surface area contributed by atoms with Gasteiger partial charge in [-0.2, -0.15) is 0 Å². The lowest BCUT2D eigenvalue weighted by atomic mass is 10.0. The van der Waals surface area contributed by atoms with E-state index in [2.05, 4.69) is 20.6 Å². The van der Waals surface area contributed by atoms with Crippen LogP contribution in [0.2, 0.25) is 0 Å². The molecule has 3 aromatic rings. The van der Waals surface area contributed by atoms with Crippen LogP contribution in [0.25, 0.3) is 0 Å². The molecule has 0 fully saturated rings. The average Bonchev–Trinajstić information content (AvgIpc) is 3.28. The summed E-state index contributed by atoms with van der Waals surface area (Å²) in [6, 6.07) is 5.26. The molecular weight excluding hydrogens is 399 g/mol. The summed E-state index contributed by atoms with van der Waals surface area (Å²) >= 11 is 2.78. The molecule has 28 heavy (non-hydrogen) atoms. The second-order valence-electron chi connectivity index (χ2n) is 6.43. The third kappa shape index (κ3) is 4.42. The van der Waals surface area contributed by atoms with Crippen molar-refractivity contribution in [1.29, 1.82) is 0 Å². The highest BCUT2D eigenvalue weighted by Gasteiger charge is 2.17. The number of benzene rings is 1. The number of hydrogen-bond acceptors (Lipinski definition) is 6. The number of carbonyl (C=O) groups is 2. The quantitative estimate of drug-likeness (QED) is 0.657. The molecule has 1 aliphatic rings. The SMILES string of the molecule is O=C(Cc1csc(NC(=O)c2ccc(F)cc2)n1)Nc1nc2c(s1)CCCC2. The van der Waals surface area contributed by atoms with E-state index in [9.17, 15) is 14.0 Å². The molecule has 0 saturated heterocycles. The summed E-state index contributed by atoms with van der Waals surface area (Å²) in [7, 11) is 0. The molecule has 2 heterocycles. The zero-order valence-electron chi connectivity index (χ0n) is 14.8. The topological polar surface area (TPSA) is 84.0 Å². The Kier molecular flexibility index (Phi) is 5.45. The lowest BCUT2D eigenvalue weighted by molar-refractivity contribution is -0.115. The van der Waals surface area contributed by atoms with Gasteiger partial charge in [-0.1, -0.05) is 0 Å². The number of hydrogen-bond donors (Lipinski definition) is 2. The monoisotopic (exact) mass is 416 g/mol. The molecule has 0 saturated carbocycles. The Balaban J connectivity index is 1.33. The standard InChI is InChI=1S/C19H17FN4O2S2/c20-12-7-5-11(6-8-12)17(26)24-18-21-13(10-27-18)9-16(25)23-19-22-14-3-1-2-4-15(14)28-19/h5-8,10H,1-4,9H2,(H,21,24,26)(H,22,23,25). The Hall–Kier alpha value is -2.65. The molecule has 6 nitrogen and oxygen atoms in total. The molecule has 2 aromatic heterocycles. The van der Waals surface area contributed by atoms with E-state index in [1.807, 2.05) is 0 Å². The second-order valence-corrected chi connectivity index (χ2v) is 8.37. The van der Waals surface area contributed by atoms with Gasteiger partial charge in [-0.15, -0.1) is 22.7 Å². The number of nitrogens with zero attached hydrogens (tertiary/aromatic N) is 2. The van der Waals surface area contributed by atoms with Gasteiger partial charge in [-0.25, -0.2) is 14.4 Å². The Labute approximate surface area is 168 Å². The predicted octanol–water partition coefficient (Wildman–Crippen LogP) is 4.05. The van der Waals surface area contributed by atoms with Crippen molar-refractivity contribution in [3.63, 3.8) is 0 Å². The minimum absolute atomic E-state index is 0.104. The molecular formula is C19H17FN4O2S2. The number of anilines is 2. The number of rotatable bonds is 5. The summed E-state index contributed by atoms with van der Waals surface area (Å²) < 4.78 is 12.9. The van der Waals surface area contributed by atoms with Crippen molar-refractivity contribution < 1.29 is 14.0 Å². The summed E-state index contributed by atoms with van der Waals surface area (Å²) in [4.78, 5) is 34.5. The van der Waals surface area contributed by atoms with Crippen LogP contribution in [0.3, 0.4) is 0 Å². The van der Waals surface area contributed by atoms with E-state index in [0.29, 0.717) is 21.5 Å². The molecule has 0 aliphatic heterocycles. The van der Waals surface area contributed by atoms with Crippen LogP contribution < -0.4 is 10.6 Å². The Morgan fingerprint density at radius 2 is 1.82 bits per heavy atom. The normalized spacial score (nSPS) is 13.0. The molecule has 144 valence electrons. The fourth-order valence-corrected chi connectivity index (χ4v) is 4.72. The first kappa shape index (κ1) is 18.7. The molecule has 0 atom stereocenters. The molecule has 2 amide bonds. The average molecular weight is 417 g/mol. The van der Waals surface area contributed by atoms with Gasteiger partial charge in [-0.05, 0) is 49.9 Å². The summed E-state index contributed by atoms with van der Waals surface area (Å²) in [5.74, 6) is -0.966. The highest BCUT2D eigenvalue weighted by atomic mass is 32.1. The van der Waals surface area contributed by atoms with Crippen LogP contribution in [0.5, 0.6) is 0 Å². The van der Waals surface area contributed by atoms with E-state index in [1.165, 1.54) is 46.9 Å². The van der Waals surface area contributed by atoms with E-state index >= 15 is 0 Å². The van der Waals surface area contributed by atoms with Crippen molar-refractivity contribution in [3.05, 3.63) is 57.3 Å². The Bertz CT molecular complexity index is 990. The summed E-state index contributed by atoms with van der Waals surface area (Å²) in [5.41, 5.74) is 2.01. The molecule has 0 bridgehead atoms. The fraction of sp³-hybridized carbons (Fsp3) is 0.263. The van der Waals surface area contributed by atoms with Crippen LogP contribution in [0.15, 0.2) is 29.6 Å². The highest BCUT2D eigenvalue weighted by molar-refractivity contribution is 7.16. The highest BCUT2D eigenvalue weighted by Crippen LogP contribution is 2.29. The molecule has 2 N–H and O–H groups in total. The van der Waals surface area contributed by atoms with Gasteiger partial charge in [0.15, 0.2) is 10.3 Å². The molecule has 9 heteroatoms. The molecule has 1 aromatic carbocycles. The van der Waals surface area contributed by atoms with E-state index in [4.69, 9.17) is 0 Å². The zero-order valence-corrected chi connectivity index (χ0v) is 16.5. The summed E-state index contributed by atoms with van der Waals surface area (Å²) in [6.45, 7) is 0. The van der Waals surface area contributed by atoms with Crippen LogP contribution in [0.4, 0.5) is 14.7 Å². The molecule has 0 unspecified atom stereocenters. The van der Waals surface area contributed by atoms with Crippen LogP contribution in [-0.4, -0.2) is 21.8 Å². The lowest BCUT2D eigenvalue weighted by Crippen LogP contribution is -2.15.